The Hall–Kier alpha value is -2.97. The highest BCUT2D eigenvalue weighted by Crippen LogP contribution is 2.33. The van der Waals surface area contributed by atoms with Crippen LogP contribution in [0.3, 0.4) is 0 Å². The Morgan fingerprint density at radius 2 is 1.79 bits per heavy atom. The van der Waals surface area contributed by atoms with Crippen molar-refractivity contribution in [2.75, 3.05) is 70.1 Å². The molecule has 2 saturated heterocycles. The van der Waals surface area contributed by atoms with Gasteiger partial charge in [-0.1, -0.05) is 6.07 Å². The molecule has 2 amide bonds. The van der Waals surface area contributed by atoms with E-state index in [0.717, 1.165) is 56.9 Å². The molecule has 0 saturated carbocycles. The SMILES string of the molecule is CNC(=O)C1(c2ccccn2)CCCN(CC(=O)Nc2ccc(N3CCN(C)CC3)cc2)C1. The van der Waals surface area contributed by atoms with Crippen molar-refractivity contribution >= 4 is 23.2 Å². The Kier molecular flexibility index (Phi) is 7.25. The van der Waals surface area contributed by atoms with E-state index in [2.05, 4.69) is 49.5 Å². The van der Waals surface area contributed by atoms with Crippen LogP contribution in [-0.4, -0.2) is 86.5 Å². The summed E-state index contributed by atoms with van der Waals surface area (Å²) in [5, 5.41) is 5.82. The number of anilines is 2. The lowest BCUT2D eigenvalue weighted by molar-refractivity contribution is -0.130. The van der Waals surface area contributed by atoms with Crippen molar-refractivity contribution in [3.8, 4) is 0 Å². The first-order valence-electron chi connectivity index (χ1n) is 11.7. The van der Waals surface area contributed by atoms with E-state index in [9.17, 15) is 9.59 Å². The fraction of sp³-hybridized carbons (Fsp3) is 0.480. The van der Waals surface area contributed by atoms with Crippen LogP contribution in [0.4, 0.5) is 11.4 Å². The molecule has 2 fully saturated rings. The lowest BCUT2D eigenvalue weighted by Crippen LogP contribution is -2.55. The molecule has 1 aromatic carbocycles. The van der Waals surface area contributed by atoms with Crippen molar-refractivity contribution < 1.29 is 9.59 Å². The van der Waals surface area contributed by atoms with Crippen LogP contribution in [0.25, 0.3) is 0 Å². The summed E-state index contributed by atoms with van der Waals surface area (Å²) in [5.41, 5.74) is 1.99. The smallest absolute Gasteiger partial charge is 0.238 e. The van der Waals surface area contributed by atoms with Gasteiger partial charge in [-0.25, -0.2) is 0 Å². The molecule has 2 N–H and O–H groups in total. The van der Waals surface area contributed by atoms with Crippen LogP contribution < -0.4 is 15.5 Å². The minimum absolute atomic E-state index is 0.0502. The van der Waals surface area contributed by atoms with Crippen molar-refractivity contribution in [3.63, 3.8) is 0 Å². The quantitative estimate of drug-likeness (QED) is 0.695. The average molecular weight is 451 g/mol. The average Bonchev–Trinajstić information content (AvgIpc) is 2.85. The predicted octanol–water partition coefficient (Wildman–Crippen LogP) is 1.55. The number of likely N-dealkylation sites (N-methyl/N-ethyl adjacent to an activating group) is 2. The van der Waals surface area contributed by atoms with E-state index in [1.54, 1.807) is 13.2 Å². The Morgan fingerprint density at radius 1 is 1.03 bits per heavy atom. The highest BCUT2D eigenvalue weighted by Gasteiger charge is 2.44. The van der Waals surface area contributed by atoms with E-state index < -0.39 is 5.41 Å². The first-order chi connectivity index (χ1) is 16.0. The Balaban J connectivity index is 1.37. The molecule has 3 heterocycles. The summed E-state index contributed by atoms with van der Waals surface area (Å²) < 4.78 is 0. The number of amides is 2. The number of rotatable bonds is 6. The van der Waals surface area contributed by atoms with Gasteiger partial charge in [-0.15, -0.1) is 0 Å². The number of pyridine rings is 1. The van der Waals surface area contributed by atoms with Gasteiger partial charge in [0.15, 0.2) is 0 Å². The standard InChI is InChI=1S/C25H34N6O2/c1-26-24(33)25(22-6-3-4-12-27-22)11-5-13-30(19-25)18-23(32)28-20-7-9-21(10-8-20)31-16-14-29(2)15-17-31/h3-4,6-10,12H,5,11,13-19H2,1-2H3,(H,26,33)(H,28,32). The minimum Gasteiger partial charge on any atom is -0.369 e. The number of hydrogen-bond acceptors (Lipinski definition) is 6. The number of carbonyl (C=O) groups excluding carboxylic acids is 2. The number of hydrogen-bond donors (Lipinski definition) is 2. The highest BCUT2D eigenvalue weighted by atomic mass is 16.2. The summed E-state index contributed by atoms with van der Waals surface area (Å²) in [7, 11) is 3.80. The lowest BCUT2D eigenvalue weighted by Gasteiger charge is -2.40. The second-order valence-corrected chi connectivity index (χ2v) is 9.08. The van der Waals surface area contributed by atoms with Gasteiger partial charge >= 0.3 is 0 Å². The van der Waals surface area contributed by atoms with E-state index in [-0.39, 0.29) is 18.4 Å². The minimum atomic E-state index is -0.737. The Labute approximate surface area is 196 Å². The molecule has 33 heavy (non-hydrogen) atoms. The zero-order valence-corrected chi connectivity index (χ0v) is 19.6. The van der Waals surface area contributed by atoms with E-state index in [0.29, 0.717) is 6.54 Å². The summed E-state index contributed by atoms with van der Waals surface area (Å²) in [6.45, 7) is 5.64. The maximum atomic E-state index is 12.9. The summed E-state index contributed by atoms with van der Waals surface area (Å²) >= 11 is 0. The molecule has 176 valence electrons. The molecule has 2 aliphatic rings. The molecule has 2 aliphatic heterocycles. The van der Waals surface area contributed by atoms with Crippen LogP contribution in [-0.2, 0) is 15.0 Å². The third-order valence-corrected chi connectivity index (χ3v) is 6.78. The topological polar surface area (TPSA) is 80.8 Å². The summed E-state index contributed by atoms with van der Waals surface area (Å²) in [6, 6.07) is 13.7. The largest absolute Gasteiger partial charge is 0.369 e. The van der Waals surface area contributed by atoms with E-state index in [1.807, 2.05) is 30.3 Å². The van der Waals surface area contributed by atoms with Crippen molar-refractivity contribution in [3.05, 3.63) is 54.4 Å². The van der Waals surface area contributed by atoms with Gasteiger partial charge in [0.25, 0.3) is 0 Å². The van der Waals surface area contributed by atoms with Gasteiger partial charge in [-0.2, -0.15) is 0 Å². The van der Waals surface area contributed by atoms with Crippen molar-refractivity contribution in [2.45, 2.75) is 18.3 Å². The molecule has 8 nitrogen and oxygen atoms in total. The number of piperidine rings is 1. The lowest BCUT2D eigenvalue weighted by atomic mass is 9.75. The van der Waals surface area contributed by atoms with Gasteiger partial charge < -0.3 is 20.4 Å². The first kappa shape index (κ1) is 23.2. The van der Waals surface area contributed by atoms with Crippen molar-refractivity contribution in [2.24, 2.45) is 0 Å². The number of benzene rings is 1. The highest BCUT2D eigenvalue weighted by molar-refractivity contribution is 5.93. The molecule has 8 heteroatoms. The van der Waals surface area contributed by atoms with Crippen LogP contribution in [0, 0.1) is 0 Å². The molecule has 0 spiro atoms. The van der Waals surface area contributed by atoms with Crippen LogP contribution in [0.1, 0.15) is 18.5 Å². The van der Waals surface area contributed by atoms with Gasteiger partial charge in [0.2, 0.25) is 11.8 Å². The molecule has 1 aromatic heterocycles. The number of likely N-dealkylation sites (tertiary alicyclic amines) is 1. The third kappa shape index (κ3) is 5.34. The predicted molar refractivity (Wildman–Crippen MR) is 130 cm³/mol. The fourth-order valence-electron chi connectivity index (χ4n) is 4.90. The van der Waals surface area contributed by atoms with Crippen molar-refractivity contribution in [1.29, 1.82) is 0 Å². The fourth-order valence-corrected chi connectivity index (χ4v) is 4.90. The zero-order valence-electron chi connectivity index (χ0n) is 19.6. The Bertz CT molecular complexity index is 943. The van der Waals surface area contributed by atoms with E-state index in [4.69, 9.17) is 0 Å². The zero-order chi connectivity index (χ0) is 23.3. The number of aromatic nitrogens is 1. The summed E-state index contributed by atoms with van der Waals surface area (Å²) in [6.07, 6.45) is 3.27. The van der Waals surface area contributed by atoms with Gasteiger partial charge in [-0.3, -0.25) is 19.5 Å². The van der Waals surface area contributed by atoms with Gasteiger partial charge in [0.05, 0.1) is 12.2 Å². The third-order valence-electron chi connectivity index (χ3n) is 6.78. The first-order valence-corrected chi connectivity index (χ1v) is 11.7. The van der Waals surface area contributed by atoms with Crippen LogP contribution in [0.15, 0.2) is 48.7 Å². The van der Waals surface area contributed by atoms with Gasteiger partial charge in [-0.05, 0) is 62.8 Å². The molecule has 0 aliphatic carbocycles. The molecule has 0 radical (unpaired) electrons. The molecular formula is C25H34N6O2. The van der Waals surface area contributed by atoms with E-state index in [1.165, 1.54) is 5.69 Å². The normalized spacial score (nSPS) is 22.1. The van der Waals surface area contributed by atoms with Gasteiger partial charge in [0.1, 0.15) is 5.41 Å². The number of nitrogens with zero attached hydrogens (tertiary/aromatic N) is 4. The number of nitrogens with one attached hydrogen (secondary N) is 2. The molecule has 4 rings (SSSR count). The number of carbonyl (C=O) groups is 2. The maximum absolute atomic E-state index is 12.9. The monoisotopic (exact) mass is 450 g/mol. The van der Waals surface area contributed by atoms with E-state index >= 15 is 0 Å². The second-order valence-electron chi connectivity index (χ2n) is 9.08. The van der Waals surface area contributed by atoms with Crippen molar-refractivity contribution in [1.82, 2.24) is 20.1 Å². The maximum Gasteiger partial charge on any atom is 0.238 e. The van der Waals surface area contributed by atoms with Crippen LogP contribution >= 0.6 is 0 Å². The number of piperazine rings is 1. The Morgan fingerprint density at radius 3 is 2.45 bits per heavy atom. The van der Waals surface area contributed by atoms with Gasteiger partial charge in [0, 0.05) is 57.3 Å². The molecule has 1 unspecified atom stereocenters. The summed E-state index contributed by atoms with van der Waals surface area (Å²) in [5.74, 6) is -0.123. The molecule has 2 aromatic rings. The van der Waals surface area contributed by atoms with Crippen LogP contribution in [0.5, 0.6) is 0 Å². The van der Waals surface area contributed by atoms with Crippen LogP contribution in [0.2, 0.25) is 0 Å². The molecular weight excluding hydrogens is 416 g/mol. The summed E-state index contributed by atoms with van der Waals surface area (Å²) in [4.78, 5) is 37.0. The molecule has 0 bridgehead atoms. The molecule has 1 atom stereocenters. The second kappa shape index (κ2) is 10.3.